The van der Waals surface area contributed by atoms with Gasteiger partial charge in [-0.05, 0) is 26.0 Å². The quantitative estimate of drug-likeness (QED) is 0.652. The summed E-state index contributed by atoms with van der Waals surface area (Å²) in [5.74, 6) is 4.97. The standard InChI is InChI=1S/C13H14F2N2O/c1-7-6-10(8(2)18-7)13(17-16)9-4-3-5-11(14)12(9)15/h3-6,13,17H,16H2,1-2H3. The van der Waals surface area contributed by atoms with Crippen LogP contribution in [0.1, 0.15) is 28.7 Å². The first-order valence-corrected chi connectivity index (χ1v) is 5.51. The van der Waals surface area contributed by atoms with Gasteiger partial charge < -0.3 is 4.42 Å². The van der Waals surface area contributed by atoms with E-state index in [4.69, 9.17) is 10.3 Å². The summed E-state index contributed by atoms with van der Waals surface area (Å²) in [4.78, 5) is 0. The van der Waals surface area contributed by atoms with E-state index in [1.165, 1.54) is 12.1 Å². The number of furan rings is 1. The van der Waals surface area contributed by atoms with Crippen LogP contribution in [0.2, 0.25) is 0 Å². The molecule has 2 rings (SSSR count). The molecule has 3 N–H and O–H groups in total. The lowest BCUT2D eigenvalue weighted by Gasteiger charge is -2.16. The smallest absolute Gasteiger partial charge is 0.163 e. The van der Waals surface area contributed by atoms with Crippen LogP contribution in [0.25, 0.3) is 0 Å². The van der Waals surface area contributed by atoms with E-state index in [1.807, 2.05) is 0 Å². The molecule has 0 spiro atoms. The molecule has 1 unspecified atom stereocenters. The van der Waals surface area contributed by atoms with Gasteiger partial charge in [0.25, 0.3) is 0 Å². The minimum absolute atomic E-state index is 0.154. The van der Waals surface area contributed by atoms with Gasteiger partial charge in [0.05, 0.1) is 6.04 Å². The van der Waals surface area contributed by atoms with Crippen LogP contribution in [-0.4, -0.2) is 0 Å². The average molecular weight is 252 g/mol. The van der Waals surface area contributed by atoms with E-state index in [2.05, 4.69) is 5.43 Å². The molecule has 0 radical (unpaired) electrons. The molecule has 1 aromatic heterocycles. The Bertz CT molecular complexity index is 566. The molecule has 0 amide bonds. The Labute approximate surface area is 104 Å². The molecule has 0 saturated carbocycles. The molecular formula is C13H14F2N2O. The lowest BCUT2D eigenvalue weighted by molar-refractivity contribution is 0.474. The fourth-order valence-corrected chi connectivity index (χ4v) is 2.03. The van der Waals surface area contributed by atoms with Crippen molar-refractivity contribution in [3.8, 4) is 0 Å². The molecule has 1 heterocycles. The molecule has 1 aromatic carbocycles. The number of nitrogens with two attached hydrogens (primary N) is 1. The van der Waals surface area contributed by atoms with Gasteiger partial charge in [-0.25, -0.2) is 14.2 Å². The normalized spacial score (nSPS) is 12.7. The highest BCUT2D eigenvalue weighted by Gasteiger charge is 2.22. The highest BCUT2D eigenvalue weighted by Crippen LogP contribution is 2.29. The number of benzene rings is 1. The summed E-state index contributed by atoms with van der Waals surface area (Å²) < 4.78 is 32.4. The maximum atomic E-state index is 13.8. The van der Waals surface area contributed by atoms with Crippen molar-refractivity contribution in [2.75, 3.05) is 0 Å². The SMILES string of the molecule is Cc1cc(C(NN)c2cccc(F)c2F)c(C)o1. The third-order valence-electron chi connectivity index (χ3n) is 2.85. The second-order valence-electron chi connectivity index (χ2n) is 4.11. The molecule has 0 aliphatic heterocycles. The number of nitrogens with one attached hydrogen (secondary N) is 1. The van der Waals surface area contributed by atoms with Crippen LogP contribution in [0.15, 0.2) is 28.7 Å². The highest BCUT2D eigenvalue weighted by atomic mass is 19.2. The van der Waals surface area contributed by atoms with Crippen molar-refractivity contribution < 1.29 is 13.2 Å². The number of rotatable bonds is 3. The van der Waals surface area contributed by atoms with E-state index >= 15 is 0 Å². The second-order valence-corrected chi connectivity index (χ2v) is 4.11. The van der Waals surface area contributed by atoms with Gasteiger partial charge in [-0.15, -0.1) is 0 Å². The van der Waals surface area contributed by atoms with Gasteiger partial charge in [-0.2, -0.15) is 0 Å². The van der Waals surface area contributed by atoms with Gasteiger partial charge >= 0.3 is 0 Å². The van der Waals surface area contributed by atoms with Gasteiger partial charge in [-0.1, -0.05) is 12.1 Å². The van der Waals surface area contributed by atoms with Gasteiger partial charge in [0.2, 0.25) is 0 Å². The predicted octanol–water partition coefficient (Wildman–Crippen LogP) is 2.73. The number of halogens is 2. The number of hydrogen-bond donors (Lipinski definition) is 2. The second kappa shape index (κ2) is 4.88. The van der Waals surface area contributed by atoms with Crippen molar-refractivity contribution in [3.63, 3.8) is 0 Å². The number of hydrazine groups is 1. The molecule has 0 saturated heterocycles. The topological polar surface area (TPSA) is 51.2 Å². The Kier molecular flexibility index (Phi) is 3.45. The summed E-state index contributed by atoms with van der Waals surface area (Å²) in [6, 6.07) is 5.12. The van der Waals surface area contributed by atoms with Crippen LogP contribution in [0.4, 0.5) is 8.78 Å². The monoisotopic (exact) mass is 252 g/mol. The van der Waals surface area contributed by atoms with Crippen LogP contribution in [0.3, 0.4) is 0 Å². The van der Waals surface area contributed by atoms with Gasteiger partial charge in [0.15, 0.2) is 11.6 Å². The van der Waals surface area contributed by atoms with Crippen LogP contribution in [0, 0.1) is 25.5 Å². The Morgan fingerprint density at radius 1 is 1.22 bits per heavy atom. The van der Waals surface area contributed by atoms with Crippen LogP contribution < -0.4 is 11.3 Å². The summed E-state index contributed by atoms with van der Waals surface area (Å²) in [6.07, 6.45) is 0. The average Bonchev–Trinajstić information content (AvgIpc) is 2.65. The Morgan fingerprint density at radius 3 is 2.50 bits per heavy atom. The van der Waals surface area contributed by atoms with E-state index in [9.17, 15) is 8.78 Å². The maximum absolute atomic E-state index is 13.8. The first-order chi connectivity index (χ1) is 8.54. The zero-order valence-corrected chi connectivity index (χ0v) is 10.1. The summed E-state index contributed by atoms with van der Waals surface area (Å²) >= 11 is 0. The molecule has 0 fully saturated rings. The van der Waals surface area contributed by atoms with Gasteiger partial charge in [-0.3, -0.25) is 5.84 Å². The lowest BCUT2D eigenvalue weighted by atomic mass is 9.99. The van der Waals surface area contributed by atoms with E-state index in [-0.39, 0.29) is 5.56 Å². The fourth-order valence-electron chi connectivity index (χ4n) is 2.03. The van der Waals surface area contributed by atoms with E-state index in [0.717, 1.165) is 6.07 Å². The lowest BCUT2D eigenvalue weighted by Crippen LogP contribution is -2.29. The largest absolute Gasteiger partial charge is 0.466 e. The molecule has 96 valence electrons. The van der Waals surface area contributed by atoms with Crippen molar-refractivity contribution in [3.05, 3.63) is 58.5 Å². The molecule has 18 heavy (non-hydrogen) atoms. The van der Waals surface area contributed by atoms with Gasteiger partial charge in [0, 0.05) is 11.1 Å². The number of aryl methyl sites for hydroxylation is 2. The molecule has 0 bridgehead atoms. The first kappa shape index (κ1) is 12.7. The Balaban J connectivity index is 2.52. The van der Waals surface area contributed by atoms with E-state index in [0.29, 0.717) is 17.1 Å². The fraction of sp³-hybridized carbons (Fsp3) is 0.231. The summed E-state index contributed by atoms with van der Waals surface area (Å²) in [6.45, 7) is 3.54. The van der Waals surface area contributed by atoms with Crippen molar-refractivity contribution in [1.29, 1.82) is 0 Å². The predicted molar refractivity (Wildman–Crippen MR) is 63.7 cm³/mol. The van der Waals surface area contributed by atoms with Crippen LogP contribution in [0.5, 0.6) is 0 Å². The Morgan fingerprint density at radius 2 is 1.94 bits per heavy atom. The maximum Gasteiger partial charge on any atom is 0.163 e. The molecule has 0 aliphatic rings. The molecule has 2 aromatic rings. The molecule has 1 atom stereocenters. The van der Waals surface area contributed by atoms with Crippen molar-refractivity contribution in [2.24, 2.45) is 5.84 Å². The van der Waals surface area contributed by atoms with Crippen LogP contribution in [-0.2, 0) is 0 Å². The number of hydrogen-bond acceptors (Lipinski definition) is 3. The molecule has 0 aliphatic carbocycles. The molecule has 5 heteroatoms. The van der Waals surface area contributed by atoms with Crippen LogP contribution >= 0.6 is 0 Å². The van der Waals surface area contributed by atoms with E-state index in [1.54, 1.807) is 19.9 Å². The zero-order valence-electron chi connectivity index (χ0n) is 10.1. The summed E-state index contributed by atoms with van der Waals surface area (Å²) in [7, 11) is 0. The van der Waals surface area contributed by atoms with Crippen molar-refractivity contribution >= 4 is 0 Å². The third kappa shape index (κ3) is 2.14. The zero-order chi connectivity index (χ0) is 13.3. The third-order valence-corrected chi connectivity index (χ3v) is 2.85. The van der Waals surface area contributed by atoms with Crippen molar-refractivity contribution in [2.45, 2.75) is 19.9 Å². The minimum atomic E-state index is -0.904. The van der Waals surface area contributed by atoms with E-state index < -0.39 is 17.7 Å². The highest BCUT2D eigenvalue weighted by molar-refractivity contribution is 5.35. The summed E-state index contributed by atoms with van der Waals surface area (Å²) in [5, 5.41) is 0. The summed E-state index contributed by atoms with van der Waals surface area (Å²) in [5.41, 5.74) is 3.34. The van der Waals surface area contributed by atoms with Crippen molar-refractivity contribution in [1.82, 2.24) is 5.43 Å². The first-order valence-electron chi connectivity index (χ1n) is 5.51. The Hall–Kier alpha value is -1.72. The van der Waals surface area contributed by atoms with Gasteiger partial charge in [0.1, 0.15) is 11.5 Å². The molecule has 3 nitrogen and oxygen atoms in total. The minimum Gasteiger partial charge on any atom is -0.466 e. The molecular weight excluding hydrogens is 238 g/mol.